The summed E-state index contributed by atoms with van der Waals surface area (Å²) in [6.07, 6.45) is 1.14. The SMILES string of the molecule is Cc1ccc(S(C)(=O)=O)cc1C(=O)N(C)Cc1c(C)nn(-c2ccccc2)c1C. The maximum atomic E-state index is 13.1. The van der Waals surface area contributed by atoms with Crippen LogP contribution in [0.4, 0.5) is 0 Å². The summed E-state index contributed by atoms with van der Waals surface area (Å²) in [5.41, 5.74) is 4.89. The van der Waals surface area contributed by atoms with E-state index in [1.807, 2.05) is 48.9 Å². The molecule has 3 aromatic rings. The summed E-state index contributed by atoms with van der Waals surface area (Å²) >= 11 is 0. The number of para-hydroxylation sites is 1. The Morgan fingerprint density at radius 1 is 1.07 bits per heavy atom. The fourth-order valence-electron chi connectivity index (χ4n) is 3.30. The summed E-state index contributed by atoms with van der Waals surface area (Å²) in [7, 11) is -1.67. The Morgan fingerprint density at radius 3 is 2.34 bits per heavy atom. The predicted molar refractivity (Wildman–Crippen MR) is 113 cm³/mol. The van der Waals surface area contributed by atoms with Crippen LogP contribution in [0.5, 0.6) is 0 Å². The number of sulfone groups is 1. The van der Waals surface area contributed by atoms with Crippen LogP contribution in [-0.4, -0.2) is 42.3 Å². The van der Waals surface area contributed by atoms with Crippen LogP contribution in [0, 0.1) is 20.8 Å². The number of aromatic nitrogens is 2. The van der Waals surface area contributed by atoms with Crippen molar-refractivity contribution < 1.29 is 13.2 Å². The highest BCUT2D eigenvalue weighted by molar-refractivity contribution is 7.90. The Hall–Kier alpha value is -2.93. The molecule has 0 radical (unpaired) electrons. The van der Waals surface area contributed by atoms with E-state index in [1.54, 1.807) is 24.9 Å². The fraction of sp³-hybridized carbons (Fsp3) is 0.273. The number of hydrogen-bond acceptors (Lipinski definition) is 4. The van der Waals surface area contributed by atoms with Gasteiger partial charge in [0.1, 0.15) is 0 Å². The van der Waals surface area contributed by atoms with Crippen LogP contribution in [0.3, 0.4) is 0 Å². The fourth-order valence-corrected chi connectivity index (χ4v) is 3.95. The molecule has 29 heavy (non-hydrogen) atoms. The van der Waals surface area contributed by atoms with Gasteiger partial charge in [0.25, 0.3) is 5.91 Å². The Labute approximate surface area is 171 Å². The van der Waals surface area contributed by atoms with Crippen molar-refractivity contribution in [3.63, 3.8) is 0 Å². The summed E-state index contributed by atoms with van der Waals surface area (Å²) in [6, 6.07) is 14.5. The van der Waals surface area contributed by atoms with Crippen molar-refractivity contribution >= 4 is 15.7 Å². The second-order valence-electron chi connectivity index (χ2n) is 7.31. The van der Waals surface area contributed by atoms with E-state index in [9.17, 15) is 13.2 Å². The molecule has 0 aliphatic carbocycles. The summed E-state index contributed by atoms with van der Waals surface area (Å²) in [5.74, 6) is -0.223. The van der Waals surface area contributed by atoms with Gasteiger partial charge in [0.05, 0.1) is 16.3 Å². The van der Waals surface area contributed by atoms with E-state index in [4.69, 9.17) is 0 Å². The molecule has 1 amide bonds. The minimum Gasteiger partial charge on any atom is -0.337 e. The lowest BCUT2D eigenvalue weighted by Crippen LogP contribution is -2.27. The molecular weight excluding hydrogens is 386 g/mol. The first-order valence-corrected chi connectivity index (χ1v) is 11.2. The minimum atomic E-state index is -3.39. The van der Waals surface area contributed by atoms with Crippen LogP contribution in [-0.2, 0) is 16.4 Å². The van der Waals surface area contributed by atoms with Crippen LogP contribution in [0.1, 0.15) is 32.9 Å². The highest BCUT2D eigenvalue weighted by atomic mass is 32.2. The monoisotopic (exact) mass is 411 g/mol. The van der Waals surface area contributed by atoms with Crippen molar-refractivity contribution in [2.75, 3.05) is 13.3 Å². The normalized spacial score (nSPS) is 11.5. The third-order valence-corrected chi connectivity index (χ3v) is 6.16. The van der Waals surface area contributed by atoms with Gasteiger partial charge in [0.15, 0.2) is 9.84 Å². The first kappa shape index (κ1) is 20.8. The molecule has 0 aliphatic rings. The molecule has 7 heteroatoms. The second kappa shape index (κ2) is 7.83. The number of nitrogens with zero attached hydrogens (tertiary/aromatic N) is 3. The third kappa shape index (κ3) is 4.24. The van der Waals surface area contributed by atoms with Gasteiger partial charge in [-0.3, -0.25) is 4.79 Å². The Morgan fingerprint density at radius 2 is 1.72 bits per heavy atom. The van der Waals surface area contributed by atoms with Crippen molar-refractivity contribution in [1.82, 2.24) is 14.7 Å². The summed E-state index contributed by atoms with van der Waals surface area (Å²) in [4.78, 5) is 14.8. The van der Waals surface area contributed by atoms with Gasteiger partial charge in [-0.1, -0.05) is 24.3 Å². The van der Waals surface area contributed by atoms with Gasteiger partial charge in [0.2, 0.25) is 0 Å². The summed E-state index contributed by atoms with van der Waals surface area (Å²) < 4.78 is 25.6. The number of carbonyl (C=O) groups excluding carboxylic acids is 1. The summed E-state index contributed by atoms with van der Waals surface area (Å²) in [5, 5.41) is 4.63. The Kier molecular flexibility index (Phi) is 5.61. The van der Waals surface area contributed by atoms with E-state index in [0.717, 1.165) is 34.5 Å². The molecule has 0 saturated heterocycles. The zero-order valence-corrected chi connectivity index (χ0v) is 18.1. The third-order valence-electron chi connectivity index (χ3n) is 5.05. The summed E-state index contributed by atoms with van der Waals surface area (Å²) in [6.45, 7) is 6.09. The topological polar surface area (TPSA) is 72.3 Å². The smallest absolute Gasteiger partial charge is 0.254 e. The molecule has 2 aromatic carbocycles. The van der Waals surface area contributed by atoms with Gasteiger partial charge in [-0.05, 0) is 50.6 Å². The molecule has 0 unspecified atom stereocenters. The molecule has 0 atom stereocenters. The van der Waals surface area contributed by atoms with Crippen molar-refractivity contribution in [3.8, 4) is 5.69 Å². The lowest BCUT2D eigenvalue weighted by Gasteiger charge is -2.19. The highest BCUT2D eigenvalue weighted by Crippen LogP contribution is 2.22. The van der Waals surface area contributed by atoms with Gasteiger partial charge in [-0.25, -0.2) is 13.1 Å². The molecule has 0 saturated carbocycles. The van der Waals surface area contributed by atoms with Crippen LogP contribution in [0.15, 0.2) is 53.4 Å². The molecule has 0 spiro atoms. The van der Waals surface area contributed by atoms with Crippen LogP contribution < -0.4 is 0 Å². The van der Waals surface area contributed by atoms with Crippen LogP contribution >= 0.6 is 0 Å². The van der Waals surface area contributed by atoms with E-state index in [1.165, 1.54) is 12.1 Å². The number of rotatable bonds is 5. The maximum absolute atomic E-state index is 13.1. The standard InChI is InChI=1S/C22H25N3O3S/c1-15-11-12-19(29(5,27)28)13-20(15)22(26)24(4)14-21-16(2)23-25(17(21)3)18-9-7-6-8-10-18/h6-13H,14H2,1-5H3. The van der Waals surface area contributed by atoms with E-state index in [2.05, 4.69) is 5.10 Å². The average molecular weight is 412 g/mol. The van der Waals surface area contributed by atoms with Gasteiger partial charge >= 0.3 is 0 Å². The number of hydrogen-bond donors (Lipinski definition) is 0. The van der Waals surface area contributed by atoms with E-state index >= 15 is 0 Å². The number of carbonyl (C=O) groups is 1. The second-order valence-corrected chi connectivity index (χ2v) is 9.32. The van der Waals surface area contributed by atoms with E-state index in [-0.39, 0.29) is 10.8 Å². The average Bonchev–Trinajstić information content (AvgIpc) is 2.95. The van der Waals surface area contributed by atoms with Crippen LogP contribution in [0.25, 0.3) is 5.69 Å². The number of amides is 1. The molecule has 0 fully saturated rings. The van der Waals surface area contributed by atoms with E-state index < -0.39 is 9.84 Å². The molecule has 0 aliphatic heterocycles. The highest BCUT2D eigenvalue weighted by Gasteiger charge is 2.21. The largest absolute Gasteiger partial charge is 0.337 e. The molecule has 6 nitrogen and oxygen atoms in total. The van der Waals surface area contributed by atoms with Crippen molar-refractivity contribution in [1.29, 1.82) is 0 Å². The predicted octanol–water partition coefficient (Wildman–Crippen LogP) is 3.47. The number of aryl methyl sites for hydroxylation is 2. The molecule has 0 bridgehead atoms. The van der Waals surface area contributed by atoms with Gasteiger partial charge < -0.3 is 4.90 Å². The van der Waals surface area contributed by atoms with Crippen molar-refractivity contribution in [3.05, 3.63) is 76.6 Å². The Bertz CT molecular complexity index is 1170. The minimum absolute atomic E-state index is 0.143. The van der Waals surface area contributed by atoms with Gasteiger partial charge in [0, 0.05) is 36.7 Å². The molecule has 1 heterocycles. The zero-order valence-electron chi connectivity index (χ0n) is 17.3. The zero-order chi connectivity index (χ0) is 21.3. The lowest BCUT2D eigenvalue weighted by atomic mass is 10.1. The van der Waals surface area contributed by atoms with Crippen molar-refractivity contribution in [2.45, 2.75) is 32.2 Å². The number of benzene rings is 2. The molecule has 1 aromatic heterocycles. The molecule has 152 valence electrons. The Balaban J connectivity index is 1.91. The molecule has 3 rings (SSSR count). The van der Waals surface area contributed by atoms with E-state index in [0.29, 0.717) is 12.1 Å². The lowest BCUT2D eigenvalue weighted by molar-refractivity contribution is 0.0783. The first-order chi connectivity index (χ1) is 13.6. The van der Waals surface area contributed by atoms with Gasteiger partial charge in [-0.2, -0.15) is 5.10 Å². The van der Waals surface area contributed by atoms with Crippen molar-refractivity contribution in [2.24, 2.45) is 0 Å². The maximum Gasteiger partial charge on any atom is 0.254 e. The quantitative estimate of drug-likeness (QED) is 0.644. The first-order valence-electron chi connectivity index (χ1n) is 9.26. The molecule has 0 N–H and O–H groups in total. The van der Waals surface area contributed by atoms with Gasteiger partial charge in [-0.15, -0.1) is 0 Å². The molecular formula is C22H25N3O3S. The van der Waals surface area contributed by atoms with Crippen LogP contribution in [0.2, 0.25) is 0 Å².